The fraction of sp³-hybridized carbons (Fsp3) is 0.100. The molecule has 1 rings (SSSR count). The van der Waals surface area contributed by atoms with Crippen LogP contribution >= 0.6 is 11.6 Å². The number of benzene rings is 1. The van der Waals surface area contributed by atoms with Crippen molar-refractivity contribution in [3.8, 4) is 12.1 Å². The van der Waals surface area contributed by atoms with Crippen LogP contribution in [0.15, 0.2) is 18.2 Å². The molecule has 0 aliphatic rings. The molecule has 0 fully saturated rings. The van der Waals surface area contributed by atoms with Gasteiger partial charge >= 0.3 is 0 Å². The Kier molecular flexibility index (Phi) is 3.68. The lowest BCUT2D eigenvalue weighted by molar-refractivity contribution is -0.115. The summed E-state index contributed by atoms with van der Waals surface area (Å²) < 4.78 is 0. The third kappa shape index (κ3) is 2.98. The number of nitrogens with one attached hydrogen (secondary N) is 1. The number of carbonyl (C=O) groups excluding carboxylic acids is 1. The van der Waals surface area contributed by atoms with Crippen LogP contribution in [-0.2, 0) is 4.79 Å². The van der Waals surface area contributed by atoms with Crippen molar-refractivity contribution in [3.63, 3.8) is 0 Å². The Hall–Kier alpha value is -2.04. The second kappa shape index (κ2) is 4.99. The fourth-order valence-electron chi connectivity index (χ4n) is 0.961. The molecule has 0 spiro atoms. The maximum Gasteiger partial charge on any atom is 0.238 e. The van der Waals surface area contributed by atoms with E-state index in [0.717, 1.165) is 0 Å². The summed E-state index contributed by atoms with van der Waals surface area (Å²) in [7, 11) is 0. The fourth-order valence-corrected chi connectivity index (χ4v) is 1.18. The number of rotatable bonds is 2. The van der Waals surface area contributed by atoms with E-state index >= 15 is 0 Å². The molecule has 1 amide bonds. The van der Waals surface area contributed by atoms with E-state index in [1.165, 1.54) is 12.1 Å². The van der Waals surface area contributed by atoms with E-state index in [2.05, 4.69) is 5.32 Å². The molecule has 0 heterocycles. The topological polar surface area (TPSA) is 76.7 Å². The lowest BCUT2D eigenvalue weighted by Gasteiger charge is -2.03. The highest BCUT2D eigenvalue weighted by atomic mass is 35.5. The van der Waals surface area contributed by atoms with E-state index in [-0.39, 0.29) is 11.4 Å². The van der Waals surface area contributed by atoms with E-state index in [9.17, 15) is 4.79 Å². The summed E-state index contributed by atoms with van der Waals surface area (Å²) in [5.74, 6) is -0.404. The zero-order valence-corrected chi connectivity index (χ0v) is 8.38. The number of carbonyl (C=O) groups is 1. The van der Waals surface area contributed by atoms with Crippen molar-refractivity contribution in [1.82, 2.24) is 0 Å². The molecule has 1 aromatic rings. The molecule has 1 N–H and O–H groups in total. The third-order valence-corrected chi connectivity index (χ3v) is 1.93. The first-order valence-corrected chi connectivity index (χ1v) is 4.41. The molecule has 1 aromatic carbocycles. The predicted octanol–water partition coefficient (Wildman–Crippen LogP) is 2.06. The van der Waals surface area contributed by atoms with Gasteiger partial charge in [0, 0.05) is 5.69 Å². The van der Waals surface area contributed by atoms with Gasteiger partial charge in [0.15, 0.2) is 0 Å². The molecule has 0 atom stereocenters. The highest BCUT2D eigenvalue weighted by Crippen LogP contribution is 2.20. The summed E-state index contributed by atoms with van der Waals surface area (Å²) in [6, 6.07) is 8.16. The molecule has 0 aromatic heterocycles. The molecular formula is C10H6ClN3O. The van der Waals surface area contributed by atoms with Crippen molar-refractivity contribution in [1.29, 1.82) is 10.5 Å². The first-order valence-electron chi connectivity index (χ1n) is 4.04. The summed E-state index contributed by atoms with van der Waals surface area (Å²) in [6.07, 6.45) is -0.211. The van der Waals surface area contributed by atoms with Gasteiger partial charge in [-0.25, -0.2) is 0 Å². The third-order valence-electron chi connectivity index (χ3n) is 1.61. The van der Waals surface area contributed by atoms with Crippen molar-refractivity contribution >= 4 is 23.2 Å². The van der Waals surface area contributed by atoms with Crippen molar-refractivity contribution in [2.45, 2.75) is 6.42 Å². The van der Waals surface area contributed by atoms with Crippen molar-refractivity contribution < 1.29 is 4.79 Å². The largest absolute Gasteiger partial charge is 0.325 e. The number of nitrogens with zero attached hydrogens (tertiary/aromatic N) is 2. The quantitative estimate of drug-likeness (QED) is 0.827. The van der Waals surface area contributed by atoms with Gasteiger partial charge in [-0.1, -0.05) is 11.6 Å². The van der Waals surface area contributed by atoms with Crippen molar-refractivity contribution in [3.05, 3.63) is 28.8 Å². The van der Waals surface area contributed by atoms with Crippen molar-refractivity contribution in [2.24, 2.45) is 0 Å². The van der Waals surface area contributed by atoms with Gasteiger partial charge in [0.1, 0.15) is 12.5 Å². The van der Waals surface area contributed by atoms with E-state index in [4.69, 9.17) is 22.1 Å². The minimum Gasteiger partial charge on any atom is -0.325 e. The smallest absolute Gasteiger partial charge is 0.238 e. The van der Waals surface area contributed by atoms with Gasteiger partial charge in [-0.05, 0) is 18.2 Å². The average molecular weight is 220 g/mol. The summed E-state index contributed by atoms with van der Waals surface area (Å²) >= 11 is 5.75. The number of nitriles is 2. The van der Waals surface area contributed by atoms with Gasteiger partial charge in [0.2, 0.25) is 5.91 Å². The Morgan fingerprint density at radius 2 is 2.20 bits per heavy atom. The first-order chi connectivity index (χ1) is 7.17. The predicted molar refractivity (Wildman–Crippen MR) is 55.0 cm³/mol. The summed E-state index contributed by atoms with van der Waals surface area (Å²) in [5, 5.41) is 19.6. The van der Waals surface area contributed by atoms with Crippen LogP contribution in [0.2, 0.25) is 5.02 Å². The standard InChI is InChI=1S/C10H6ClN3O/c11-9-5-8(2-1-7(9)6-13)14-10(15)3-4-12/h1-2,5H,3H2,(H,14,15). The summed E-state index contributed by atoms with van der Waals surface area (Å²) in [6.45, 7) is 0. The molecule has 0 unspecified atom stereocenters. The second-order valence-corrected chi connectivity index (χ2v) is 3.10. The number of hydrogen-bond donors (Lipinski definition) is 1. The van der Waals surface area contributed by atoms with E-state index in [1.54, 1.807) is 12.1 Å². The van der Waals surface area contributed by atoms with Crippen LogP contribution in [0.25, 0.3) is 0 Å². The van der Waals surface area contributed by atoms with Crippen LogP contribution in [0.3, 0.4) is 0 Å². The minimum absolute atomic E-state index is 0.211. The van der Waals surface area contributed by atoms with Crippen LogP contribution in [-0.4, -0.2) is 5.91 Å². The Labute approximate surface area is 91.7 Å². The molecule has 4 nitrogen and oxygen atoms in total. The molecule has 0 radical (unpaired) electrons. The van der Waals surface area contributed by atoms with Crippen LogP contribution < -0.4 is 5.32 Å². The molecule has 0 saturated carbocycles. The van der Waals surface area contributed by atoms with Crippen LogP contribution in [0.4, 0.5) is 5.69 Å². The molecule has 0 aliphatic carbocycles. The highest BCUT2D eigenvalue weighted by Gasteiger charge is 2.04. The molecule has 5 heteroatoms. The lowest BCUT2D eigenvalue weighted by atomic mass is 10.2. The molecule has 0 saturated heterocycles. The number of hydrogen-bond acceptors (Lipinski definition) is 3. The highest BCUT2D eigenvalue weighted by molar-refractivity contribution is 6.32. The number of anilines is 1. The molecule has 15 heavy (non-hydrogen) atoms. The summed E-state index contributed by atoms with van der Waals surface area (Å²) in [4.78, 5) is 11.0. The lowest BCUT2D eigenvalue weighted by Crippen LogP contribution is -2.09. The maximum atomic E-state index is 11.0. The van der Waals surface area contributed by atoms with Crippen LogP contribution in [0, 0.1) is 22.7 Å². The van der Waals surface area contributed by atoms with E-state index in [0.29, 0.717) is 11.3 Å². The Morgan fingerprint density at radius 3 is 2.73 bits per heavy atom. The zero-order chi connectivity index (χ0) is 11.3. The first kappa shape index (κ1) is 11.0. The molecular weight excluding hydrogens is 214 g/mol. The van der Waals surface area contributed by atoms with E-state index < -0.39 is 5.91 Å². The summed E-state index contributed by atoms with van der Waals surface area (Å²) in [5.41, 5.74) is 0.814. The van der Waals surface area contributed by atoms with Gasteiger partial charge in [-0.3, -0.25) is 4.79 Å². The van der Waals surface area contributed by atoms with Gasteiger partial charge in [-0.15, -0.1) is 0 Å². The second-order valence-electron chi connectivity index (χ2n) is 2.69. The van der Waals surface area contributed by atoms with Gasteiger partial charge in [-0.2, -0.15) is 10.5 Å². The normalized spacial score (nSPS) is 8.73. The van der Waals surface area contributed by atoms with Crippen LogP contribution in [0.5, 0.6) is 0 Å². The van der Waals surface area contributed by atoms with E-state index in [1.807, 2.05) is 6.07 Å². The van der Waals surface area contributed by atoms with Crippen LogP contribution in [0.1, 0.15) is 12.0 Å². The molecule has 0 bridgehead atoms. The van der Waals surface area contributed by atoms with Crippen molar-refractivity contribution in [2.75, 3.05) is 5.32 Å². The number of halogens is 1. The monoisotopic (exact) mass is 219 g/mol. The van der Waals surface area contributed by atoms with Gasteiger partial charge in [0.05, 0.1) is 16.7 Å². The maximum absolute atomic E-state index is 11.0. The Bertz CT molecular complexity index is 471. The minimum atomic E-state index is -0.404. The molecule has 0 aliphatic heterocycles. The average Bonchev–Trinajstić information content (AvgIpc) is 2.18. The Morgan fingerprint density at radius 1 is 1.47 bits per heavy atom. The SMILES string of the molecule is N#CCC(=O)Nc1ccc(C#N)c(Cl)c1. The Balaban J connectivity index is 2.82. The zero-order valence-electron chi connectivity index (χ0n) is 7.62. The van der Waals surface area contributed by atoms with Gasteiger partial charge in [0.25, 0.3) is 0 Å². The van der Waals surface area contributed by atoms with Gasteiger partial charge < -0.3 is 5.32 Å². The number of amides is 1. The molecule has 74 valence electrons.